The second kappa shape index (κ2) is 5.79. The Morgan fingerprint density at radius 1 is 1.58 bits per heavy atom. The maximum absolute atomic E-state index is 11.3. The summed E-state index contributed by atoms with van der Waals surface area (Å²) >= 11 is 9.45. The largest absolute Gasteiger partial charge is 0.379 e. The normalized spacial score (nSPS) is 24.4. The lowest BCUT2D eigenvalue weighted by molar-refractivity contribution is -0.142. The Morgan fingerprint density at radius 2 is 2.32 bits per heavy atom. The van der Waals surface area contributed by atoms with Crippen LogP contribution in [0.5, 0.6) is 0 Å². The van der Waals surface area contributed by atoms with E-state index >= 15 is 0 Å². The molecule has 1 aromatic carbocycles. The Kier molecular flexibility index (Phi) is 4.50. The summed E-state index contributed by atoms with van der Waals surface area (Å²) in [4.78, 5) is 13.3. The number of β-amino-alcohol motifs (C(OH)–C–C–N with tert-alkyl or cyclic N) is 1. The molecular weight excluding hydrogens is 332 g/mol. The van der Waals surface area contributed by atoms with Crippen LogP contribution in [-0.2, 0) is 11.3 Å². The average Bonchev–Trinajstić information content (AvgIpc) is 2.34. The van der Waals surface area contributed by atoms with E-state index in [1.807, 2.05) is 23.1 Å². The van der Waals surface area contributed by atoms with Crippen molar-refractivity contribution in [2.24, 2.45) is 5.73 Å². The van der Waals surface area contributed by atoms with Gasteiger partial charge in [0, 0.05) is 22.6 Å². The standard InChI is InChI=1S/C13H16BrClN2O2/c14-11-3-2-10(15)6-9(11)7-17-5-1-4-13(19,8-17)12(16)18/h2-3,6,19H,1,4-5,7-8H2,(H2,16,18)/t13-/m0/s1. The highest BCUT2D eigenvalue weighted by Crippen LogP contribution is 2.26. The van der Waals surface area contributed by atoms with Crippen molar-refractivity contribution in [2.45, 2.75) is 25.0 Å². The second-order valence-electron chi connectivity index (χ2n) is 4.95. The minimum absolute atomic E-state index is 0.265. The topological polar surface area (TPSA) is 66.6 Å². The Bertz CT molecular complexity index is 498. The number of halogens is 2. The van der Waals surface area contributed by atoms with Crippen LogP contribution in [0.25, 0.3) is 0 Å². The molecule has 2 rings (SSSR count). The monoisotopic (exact) mass is 346 g/mol. The fraction of sp³-hybridized carbons (Fsp3) is 0.462. The zero-order valence-corrected chi connectivity index (χ0v) is 12.7. The second-order valence-corrected chi connectivity index (χ2v) is 6.24. The lowest BCUT2D eigenvalue weighted by Crippen LogP contribution is -2.55. The van der Waals surface area contributed by atoms with Crippen molar-refractivity contribution in [1.82, 2.24) is 4.90 Å². The van der Waals surface area contributed by atoms with E-state index in [4.69, 9.17) is 17.3 Å². The van der Waals surface area contributed by atoms with Crippen LogP contribution in [0.3, 0.4) is 0 Å². The summed E-state index contributed by atoms with van der Waals surface area (Å²) in [5.41, 5.74) is 4.88. The first-order chi connectivity index (χ1) is 8.90. The van der Waals surface area contributed by atoms with Gasteiger partial charge in [0.05, 0.1) is 0 Å². The molecule has 19 heavy (non-hydrogen) atoms. The average molecular weight is 348 g/mol. The number of amides is 1. The smallest absolute Gasteiger partial charge is 0.250 e. The van der Waals surface area contributed by atoms with Crippen molar-refractivity contribution in [3.05, 3.63) is 33.3 Å². The van der Waals surface area contributed by atoms with Gasteiger partial charge in [-0.3, -0.25) is 9.69 Å². The molecule has 3 N–H and O–H groups in total. The highest BCUT2D eigenvalue weighted by molar-refractivity contribution is 9.10. The summed E-state index contributed by atoms with van der Waals surface area (Å²) in [6.07, 6.45) is 1.17. The van der Waals surface area contributed by atoms with Crippen LogP contribution < -0.4 is 5.73 Å². The van der Waals surface area contributed by atoms with Gasteiger partial charge in [0.25, 0.3) is 5.91 Å². The third-order valence-electron chi connectivity index (χ3n) is 3.41. The van der Waals surface area contributed by atoms with E-state index < -0.39 is 11.5 Å². The zero-order valence-electron chi connectivity index (χ0n) is 10.4. The molecular formula is C13H16BrClN2O2. The molecule has 6 heteroatoms. The predicted octanol–water partition coefficient (Wildman–Crippen LogP) is 1.91. The summed E-state index contributed by atoms with van der Waals surface area (Å²) in [5.74, 6) is -0.651. The highest BCUT2D eigenvalue weighted by Gasteiger charge is 2.38. The summed E-state index contributed by atoms with van der Waals surface area (Å²) in [6, 6.07) is 5.58. The van der Waals surface area contributed by atoms with Crippen LogP contribution in [-0.4, -0.2) is 34.6 Å². The van der Waals surface area contributed by atoms with Gasteiger partial charge < -0.3 is 10.8 Å². The molecule has 0 aliphatic carbocycles. The van der Waals surface area contributed by atoms with E-state index in [-0.39, 0.29) is 6.54 Å². The maximum Gasteiger partial charge on any atom is 0.250 e. The summed E-state index contributed by atoms with van der Waals surface area (Å²) in [7, 11) is 0. The number of piperidine rings is 1. The number of likely N-dealkylation sites (tertiary alicyclic amines) is 1. The van der Waals surface area contributed by atoms with Crippen LogP contribution >= 0.6 is 27.5 Å². The van der Waals surface area contributed by atoms with Crippen LogP contribution in [0.1, 0.15) is 18.4 Å². The van der Waals surface area contributed by atoms with Gasteiger partial charge in [0.15, 0.2) is 5.60 Å². The van der Waals surface area contributed by atoms with Gasteiger partial charge >= 0.3 is 0 Å². The van der Waals surface area contributed by atoms with Gasteiger partial charge in [-0.15, -0.1) is 0 Å². The summed E-state index contributed by atoms with van der Waals surface area (Å²) in [6.45, 7) is 1.71. The van der Waals surface area contributed by atoms with Crippen LogP contribution in [0.15, 0.2) is 22.7 Å². The van der Waals surface area contributed by atoms with Crippen LogP contribution in [0.2, 0.25) is 5.02 Å². The molecule has 1 fully saturated rings. The predicted molar refractivity (Wildman–Crippen MR) is 77.8 cm³/mol. The SMILES string of the molecule is NC(=O)[C@]1(O)CCCN(Cc2cc(Cl)ccc2Br)C1. The number of carbonyl (C=O) groups excluding carboxylic acids is 1. The number of nitrogens with zero attached hydrogens (tertiary/aromatic N) is 1. The van der Waals surface area contributed by atoms with Gasteiger partial charge in [-0.1, -0.05) is 27.5 Å². The molecule has 1 atom stereocenters. The number of nitrogens with two attached hydrogens (primary N) is 1. The van der Waals surface area contributed by atoms with E-state index in [2.05, 4.69) is 15.9 Å². The van der Waals surface area contributed by atoms with Gasteiger partial charge in [0.2, 0.25) is 0 Å². The van der Waals surface area contributed by atoms with E-state index in [1.54, 1.807) is 0 Å². The number of hydrogen-bond acceptors (Lipinski definition) is 3. The van der Waals surface area contributed by atoms with E-state index in [9.17, 15) is 9.90 Å². The minimum Gasteiger partial charge on any atom is -0.379 e. The van der Waals surface area contributed by atoms with Crippen molar-refractivity contribution in [3.63, 3.8) is 0 Å². The number of aliphatic hydroxyl groups is 1. The number of hydrogen-bond donors (Lipinski definition) is 2. The van der Waals surface area contributed by atoms with E-state index in [0.29, 0.717) is 18.0 Å². The van der Waals surface area contributed by atoms with Gasteiger partial charge in [-0.05, 0) is 43.1 Å². The van der Waals surface area contributed by atoms with Gasteiger partial charge in [-0.25, -0.2) is 0 Å². The molecule has 0 saturated carbocycles. The molecule has 4 nitrogen and oxygen atoms in total. The van der Waals surface area contributed by atoms with Crippen molar-refractivity contribution in [2.75, 3.05) is 13.1 Å². The first-order valence-electron chi connectivity index (χ1n) is 6.09. The third kappa shape index (κ3) is 3.48. The van der Waals surface area contributed by atoms with Gasteiger partial charge in [-0.2, -0.15) is 0 Å². The third-order valence-corrected chi connectivity index (χ3v) is 4.42. The maximum atomic E-state index is 11.3. The van der Waals surface area contributed by atoms with Gasteiger partial charge in [0.1, 0.15) is 0 Å². The summed E-state index contributed by atoms with van der Waals surface area (Å²) in [5, 5.41) is 10.8. The Labute approximate surface area is 125 Å². The first kappa shape index (κ1) is 14.8. The molecule has 104 valence electrons. The molecule has 1 aromatic rings. The van der Waals surface area contributed by atoms with Crippen molar-refractivity contribution in [1.29, 1.82) is 0 Å². The quantitative estimate of drug-likeness (QED) is 0.878. The van der Waals surface area contributed by atoms with E-state index in [0.717, 1.165) is 23.0 Å². The lowest BCUT2D eigenvalue weighted by atomic mass is 9.92. The Balaban J connectivity index is 2.11. The Morgan fingerprint density at radius 3 is 3.00 bits per heavy atom. The molecule has 1 heterocycles. The molecule has 0 aromatic heterocycles. The zero-order chi connectivity index (χ0) is 14.0. The van der Waals surface area contributed by atoms with Crippen molar-refractivity contribution < 1.29 is 9.90 Å². The molecule has 1 aliphatic heterocycles. The first-order valence-corrected chi connectivity index (χ1v) is 7.26. The number of rotatable bonds is 3. The minimum atomic E-state index is -1.41. The molecule has 0 unspecified atom stereocenters. The number of primary amides is 1. The summed E-state index contributed by atoms with van der Waals surface area (Å²) < 4.78 is 0.963. The fourth-order valence-corrected chi connectivity index (χ4v) is 2.93. The van der Waals surface area contributed by atoms with Crippen molar-refractivity contribution in [3.8, 4) is 0 Å². The van der Waals surface area contributed by atoms with Crippen LogP contribution in [0.4, 0.5) is 0 Å². The highest BCUT2D eigenvalue weighted by atomic mass is 79.9. The Hall–Kier alpha value is -0.620. The van der Waals surface area contributed by atoms with Crippen LogP contribution in [0, 0.1) is 0 Å². The number of benzene rings is 1. The lowest BCUT2D eigenvalue weighted by Gasteiger charge is -2.37. The molecule has 1 amide bonds. The molecule has 1 saturated heterocycles. The fourth-order valence-electron chi connectivity index (χ4n) is 2.36. The van der Waals surface area contributed by atoms with E-state index in [1.165, 1.54) is 0 Å². The molecule has 0 radical (unpaired) electrons. The van der Waals surface area contributed by atoms with Crippen molar-refractivity contribution >= 4 is 33.4 Å². The molecule has 0 bridgehead atoms. The molecule has 1 aliphatic rings. The number of carbonyl (C=O) groups is 1. The molecule has 0 spiro atoms.